The molecule has 0 saturated heterocycles. The van der Waals surface area contributed by atoms with Crippen molar-refractivity contribution in [2.45, 2.75) is 19.8 Å². The van der Waals surface area contributed by atoms with Crippen LogP contribution in [-0.2, 0) is 0 Å². The quantitative estimate of drug-likeness (QED) is 0.710. The van der Waals surface area contributed by atoms with E-state index in [1.54, 1.807) is 10.9 Å². The molecule has 0 spiro atoms. The zero-order chi connectivity index (χ0) is 14.1. The predicted octanol–water partition coefficient (Wildman–Crippen LogP) is 3.51. The summed E-state index contributed by atoms with van der Waals surface area (Å²) >= 11 is 0. The van der Waals surface area contributed by atoms with Gasteiger partial charge in [0.15, 0.2) is 0 Å². The number of para-hydroxylation sites is 1. The SMILES string of the molecule is CC(C)c1ccc(-n2cnc3ccccc3c2=O)cc1. The normalized spacial score (nSPS) is 11.2. The highest BCUT2D eigenvalue weighted by molar-refractivity contribution is 5.77. The lowest BCUT2D eigenvalue weighted by Crippen LogP contribution is -2.18. The fourth-order valence-electron chi connectivity index (χ4n) is 2.27. The summed E-state index contributed by atoms with van der Waals surface area (Å²) < 4.78 is 1.59. The Kier molecular flexibility index (Phi) is 3.11. The van der Waals surface area contributed by atoms with Crippen LogP contribution in [0.2, 0.25) is 0 Å². The van der Waals surface area contributed by atoms with Crippen molar-refractivity contribution in [1.82, 2.24) is 9.55 Å². The first-order chi connectivity index (χ1) is 9.66. The fraction of sp³-hybridized carbons (Fsp3) is 0.176. The number of fused-ring (bicyclic) bond motifs is 1. The molecule has 3 heteroatoms. The minimum atomic E-state index is -0.0344. The fourth-order valence-corrected chi connectivity index (χ4v) is 2.27. The van der Waals surface area contributed by atoms with Crippen LogP contribution in [0.3, 0.4) is 0 Å². The summed E-state index contributed by atoms with van der Waals surface area (Å²) in [5.41, 5.74) is 2.80. The second-order valence-electron chi connectivity index (χ2n) is 5.18. The van der Waals surface area contributed by atoms with Crippen LogP contribution < -0.4 is 5.56 Å². The second kappa shape index (κ2) is 4.93. The Labute approximate surface area is 117 Å². The molecule has 0 radical (unpaired) electrons. The van der Waals surface area contributed by atoms with Crippen molar-refractivity contribution in [3.8, 4) is 5.69 Å². The lowest BCUT2D eigenvalue weighted by molar-refractivity contribution is 0.863. The summed E-state index contributed by atoms with van der Waals surface area (Å²) in [6.45, 7) is 4.30. The van der Waals surface area contributed by atoms with Gasteiger partial charge in [-0.15, -0.1) is 0 Å². The van der Waals surface area contributed by atoms with Crippen LogP contribution in [0.5, 0.6) is 0 Å². The molecule has 0 amide bonds. The van der Waals surface area contributed by atoms with Crippen molar-refractivity contribution < 1.29 is 0 Å². The van der Waals surface area contributed by atoms with E-state index in [4.69, 9.17) is 0 Å². The van der Waals surface area contributed by atoms with Gasteiger partial charge in [-0.05, 0) is 35.7 Å². The van der Waals surface area contributed by atoms with Crippen LogP contribution in [0.15, 0.2) is 59.7 Å². The topological polar surface area (TPSA) is 34.9 Å². The van der Waals surface area contributed by atoms with E-state index in [-0.39, 0.29) is 5.56 Å². The van der Waals surface area contributed by atoms with E-state index < -0.39 is 0 Å². The second-order valence-corrected chi connectivity index (χ2v) is 5.18. The third-order valence-electron chi connectivity index (χ3n) is 3.50. The number of nitrogens with zero attached hydrogens (tertiary/aromatic N) is 2. The smallest absolute Gasteiger partial charge is 0.265 e. The summed E-state index contributed by atoms with van der Waals surface area (Å²) in [6, 6.07) is 15.4. The van der Waals surface area contributed by atoms with Crippen LogP contribution in [-0.4, -0.2) is 9.55 Å². The molecule has 3 nitrogen and oxygen atoms in total. The van der Waals surface area contributed by atoms with E-state index in [2.05, 4.69) is 31.0 Å². The molecule has 0 aliphatic heterocycles. The third kappa shape index (κ3) is 2.11. The molecule has 0 unspecified atom stereocenters. The van der Waals surface area contributed by atoms with Gasteiger partial charge in [0.25, 0.3) is 5.56 Å². The maximum atomic E-state index is 12.5. The van der Waals surface area contributed by atoms with Crippen molar-refractivity contribution in [1.29, 1.82) is 0 Å². The zero-order valence-corrected chi connectivity index (χ0v) is 11.6. The Hall–Kier alpha value is -2.42. The van der Waals surface area contributed by atoms with Gasteiger partial charge in [0.05, 0.1) is 16.6 Å². The lowest BCUT2D eigenvalue weighted by Gasteiger charge is -2.09. The van der Waals surface area contributed by atoms with Gasteiger partial charge in [-0.25, -0.2) is 4.98 Å². The largest absolute Gasteiger partial charge is 0.268 e. The molecule has 0 N–H and O–H groups in total. The first kappa shape index (κ1) is 12.6. The lowest BCUT2D eigenvalue weighted by atomic mass is 10.0. The summed E-state index contributed by atoms with van der Waals surface area (Å²) in [5, 5.41) is 0.642. The molecule has 3 aromatic rings. The summed E-state index contributed by atoms with van der Waals surface area (Å²) in [6.07, 6.45) is 1.59. The van der Waals surface area contributed by atoms with Gasteiger partial charge in [-0.1, -0.05) is 38.1 Å². The summed E-state index contributed by atoms with van der Waals surface area (Å²) in [5.74, 6) is 0.482. The van der Waals surface area contributed by atoms with E-state index >= 15 is 0 Å². The number of benzene rings is 2. The average Bonchev–Trinajstić information content (AvgIpc) is 2.48. The number of hydrogen-bond acceptors (Lipinski definition) is 2. The molecule has 0 saturated carbocycles. The van der Waals surface area contributed by atoms with Crippen LogP contribution in [0.4, 0.5) is 0 Å². The molecule has 2 aromatic carbocycles. The Balaban J connectivity index is 2.15. The van der Waals surface area contributed by atoms with Crippen molar-refractivity contribution in [3.63, 3.8) is 0 Å². The van der Waals surface area contributed by atoms with Gasteiger partial charge in [0.2, 0.25) is 0 Å². The van der Waals surface area contributed by atoms with Crippen molar-refractivity contribution in [2.24, 2.45) is 0 Å². The van der Waals surface area contributed by atoms with Gasteiger partial charge in [0.1, 0.15) is 6.33 Å². The van der Waals surface area contributed by atoms with Crippen molar-refractivity contribution in [2.75, 3.05) is 0 Å². The van der Waals surface area contributed by atoms with Crippen molar-refractivity contribution >= 4 is 10.9 Å². The predicted molar refractivity (Wildman–Crippen MR) is 81.4 cm³/mol. The van der Waals surface area contributed by atoms with Gasteiger partial charge in [-0.2, -0.15) is 0 Å². The van der Waals surface area contributed by atoms with Gasteiger partial charge in [0, 0.05) is 0 Å². The van der Waals surface area contributed by atoms with E-state index in [9.17, 15) is 4.79 Å². The molecule has 20 heavy (non-hydrogen) atoms. The Bertz CT molecular complexity index is 801. The summed E-state index contributed by atoms with van der Waals surface area (Å²) in [7, 11) is 0. The maximum Gasteiger partial charge on any atom is 0.265 e. The highest BCUT2D eigenvalue weighted by atomic mass is 16.1. The van der Waals surface area contributed by atoms with Crippen molar-refractivity contribution in [3.05, 3.63) is 70.8 Å². The first-order valence-electron chi connectivity index (χ1n) is 6.73. The van der Waals surface area contributed by atoms with Gasteiger partial charge < -0.3 is 0 Å². The highest BCUT2D eigenvalue weighted by Gasteiger charge is 2.05. The van der Waals surface area contributed by atoms with Crippen LogP contribution in [0.25, 0.3) is 16.6 Å². The molecule has 1 heterocycles. The van der Waals surface area contributed by atoms with E-state index in [0.29, 0.717) is 11.3 Å². The molecular weight excluding hydrogens is 248 g/mol. The molecule has 0 fully saturated rings. The highest BCUT2D eigenvalue weighted by Crippen LogP contribution is 2.16. The number of rotatable bonds is 2. The van der Waals surface area contributed by atoms with Crippen LogP contribution >= 0.6 is 0 Å². The van der Waals surface area contributed by atoms with Crippen LogP contribution in [0, 0.1) is 0 Å². The molecular formula is C17H16N2O. The van der Waals surface area contributed by atoms with Crippen LogP contribution in [0.1, 0.15) is 25.3 Å². The number of aromatic nitrogens is 2. The molecule has 0 bridgehead atoms. The molecule has 100 valence electrons. The summed E-state index contributed by atoms with van der Waals surface area (Å²) in [4.78, 5) is 16.8. The number of hydrogen-bond donors (Lipinski definition) is 0. The Morgan fingerprint density at radius 2 is 1.70 bits per heavy atom. The molecule has 0 atom stereocenters. The standard InChI is InChI=1S/C17H16N2O/c1-12(2)13-7-9-14(10-8-13)19-11-18-16-6-4-3-5-15(16)17(19)20/h3-12H,1-2H3. The Morgan fingerprint density at radius 1 is 1.00 bits per heavy atom. The third-order valence-corrected chi connectivity index (χ3v) is 3.50. The van der Waals surface area contributed by atoms with E-state index in [1.165, 1.54) is 5.56 Å². The molecule has 3 rings (SSSR count). The minimum absolute atomic E-state index is 0.0344. The minimum Gasteiger partial charge on any atom is -0.268 e. The molecule has 1 aromatic heterocycles. The maximum absolute atomic E-state index is 12.5. The molecule has 0 aliphatic carbocycles. The Morgan fingerprint density at radius 3 is 2.40 bits per heavy atom. The zero-order valence-electron chi connectivity index (χ0n) is 11.6. The van der Waals surface area contributed by atoms with E-state index in [1.807, 2.05) is 36.4 Å². The van der Waals surface area contributed by atoms with E-state index in [0.717, 1.165) is 11.2 Å². The molecule has 0 aliphatic rings. The average molecular weight is 264 g/mol. The van der Waals surface area contributed by atoms with Gasteiger partial charge >= 0.3 is 0 Å². The first-order valence-corrected chi connectivity index (χ1v) is 6.73. The van der Waals surface area contributed by atoms with Gasteiger partial charge in [-0.3, -0.25) is 9.36 Å². The monoisotopic (exact) mass is 264 g/mol.